The topological polar surface area (TPSA) is 51.2 Å². The Labute approximate surface area is 169 Å². The van der Waals surface area contributed by atoms with Gasteiger partial charge in [-0.05, 0) is 25.1 Å². The number of halogens is 2. The molecule has 0 aliphatic carbocycles. The Bertz CT molecular complexity index is 1150. The van der Waals surface area contributed by atoms with Crippen LogP contribution < -0.4 is 10.1 Å². The third kappa shape index (κ3) is 3.23. The summed E-state index contributed by atoms with van der Waals surface area (Å²) >= 11 is 13.9. The first-order valence-electron chi connectivity index (χ1n) is 8.27. The van der Waals surface area contributed by atoms with Gasteiger partial charge in [0.25, 0.3) is 5.91 Å². The Morgan fingerprint density at radius 2 is 1.89 bits per heavy atom. The molecule has 4 rings (SSSR count). The highest BCUT2D eigenvalue weighted by Crippen LogP contribution is 2.41. The molecule has 2 aromatic carbocycles. The lowest BCUT2D eigenvalue weighted by Gasteiger charge is -2.11. The number of nitrogens with one attached hydrogen (secondary N) is 1. The van der Waals surface area contributed by atoms with Crippen molar-refractivity contribution < 1.29 is 9.53 Å². The van der Waals surface area contributed by atoms with Crippen molar-refractivity contribution in [1.29, 1.82) is 0 Å². The van der Waals surface area contributed by atoms with Crippen LogP contribution in [-0.4, -0.2) is 17.5 Å². The normalized spacial score (nSPS) is 11.1. The monoisotopic (exact) mass is 416 g/mol. The lowest BCUT2D eigenvalue weighted by Crippen LogP contribution is -2.13. The molecular formula is C20H14Cl2N2O2S. The predicted octanol–water partition coefficient (Wildman–Crippen LogP) is 6.41. The van der Waals surface area contributed by atoms with E-state index in [1.54, 1.807) is 17.4 Å². The lowest BCUT2D eigenvalue weighted by atomic mass is 10.0. The maximum atomic E-state index is 13.1. The number of fused-ring (bicyclic) bond motifs is 3. The van der Waals surface area contributed by atoms with E-state index in [0.717, 1.165) is 25.9 Å². The summed E-state index contributed by atoms with van der Waals surface area (Å²) in [6, 6.07) is 11.6. The molecule has 1 N–H and O–H groups in total. The van der Waals surface area contributed by atoms with Crippen molar-refractivity contribution in [3.05, 3.63) is 64.4 Å². The number of carbonyl (C=O) groups is 1. The zero-order valence-corrected chi connectivity index (χ0v) is 16.6. The molecule has 0 aliphatic rings. The summed E-state index contributed by atoms with van der Waals surface area (Å²) in [5, 5.41) is 5.26. The maximum absolute atomic E-state index is 13.1. The van der Waals surface area contributed by atoms with Gasteiger partial charge in [0, 0.05) is 33.4 Å². The molecule has 0 atom stereocenters. The second kappa shape index (κ2) is 7.35. The van der Waals surface area contributed by atoms with E-state index < -0.39 is 0 Å². The van der Waals surface area contributed by atoms with Gasteiger partial charge in [0.2, 0.25) is 0 Å². The van der Waals surface area contributed by atoms with E-state index in [1.807, 2.05) is 37.3 Å². The SMILES string of the molecule is CCOc1ccc(C(=O)Nc2c(Cl)cncc2Cl)c2c1sc1ccccc12. The van der Waals surface area contributed by atoms with Crippen LogP contribution in [-0.2, 0) is 0 Å². The number of amides is 1. The molecule has 1 amide bonds. The Kier molecular flexibility index (Phi) is 4.91. The number of hydrogen-bond acceptors (Lipinski definition) is 4. The number of rotatable bonds is 4. The number of pyridine rings is 1. The number of aromatic nitrogens is 1. The first kappa shape index (κ1) is 18.0. The zero-order chi connectivity index (χ0) is 19.0. The van der Waals surface area contributed by atoms with Crippen molar-refractivity contribution in [2.75, 3.05) is 11.9 Å². The van der Waals surface area contributed by atoms with Gasteiger partial charge in [0.05, 0.1) is 27.0 Å². The fraction of sp³-hybridized carbons (Fsp3) is 0.100. The minimum absolute atomic E-state index is 0.285. The quantitative estimate of drug-likeness (QED) is 0.418. The van der Waals surface area contributed by atoms with Crippen molar-refractivity contribution in [2.24, 2.45) is 0 Å². The highest BCUT2D eigenvalue weighted by atomic mass is 35.5. The van der Waals surface area contributed by atoms with E-state index in [-0.39, 0.29) is 16.0 Å². The van der Waals surface area contributed by atoms with E-state index >= 15 is 0 Å². The third-order valence-electron chi connectivity index (χ3n) is 4.13. The fourth-order valence-corrected chi connectivity index (χ4v) is 4.63. The molecule has 4 nitrogen and oxygen atoms in total. The van der Waals surface area contributed by atoms with Gasteiger partial charge in [-0.25, -0.2) is 0 Å². The first-order valence-corrected chi connectivity index (χ1v) is 9.84. The first-order chi connectivity index (χ1) is 13.1. The second-order valence-corrected chi connectivity index (χ2v) is 7.65. The number of benzene rings is 2. The molecule has 0 fully saturated rings. The van der Waals surface area contributed by atoms with Gasteiger partial charge >= 0.3 is 0 Å². The average Bonchev–Trinajstić information content (AvgIpc) is 3.05. The van der Waals surface area contributed by atoms with Crippen LogP contribution >= 0.6 is 34.5 Å². The van der Waals surface area contributed by atoms with Gasteiger partial charge < -0.3 is 10.1 Å². The van der Waals surface area contributed by atoms with Crippen molar-refractivity contribution in [1.82, 2.24) is 4.98 Å². The largest absolute Gasteiger partial charge is 0.492 e. The summed E-state index contributed by atoms with van der Waals surface area (Å²) in [7, 11) is 0. The van der Waals surface area contributed by atoms with E-state index in [1.165, 1.54) is 12.4 Å². The van der Waals surface area contributed by atoms with E-state index in [2.05, 4.69) is 10.3 Å². The predicted molar refractivity (Wildman–Crippen MR) is 113 cm³/mol. The Morgan fingerprint density at radius 1 is 1.15 bits per heavy atom. The zero-order valence-electron chi connectivity index (χ0n) is 14.3. The van der Waals surface area contributed by atoms with Crippen molar-refractivity contribution in [3.8, 4) is 5.75 Å². The second-order valence-electron chi connectivity index (χ2n) is 5.78. The van der Waals surface area contributed by atoms with Crippen LogP contribution in [0.2, 0.25) is 10.0 Å². The van der Waals surface area contributed by atoms with Gasteiger partial charge in [0.15, 0.2) is 0 Å². The molecule has 7 heteroatoms. The molecule has 0 saturated carbocycles. The molecule has 0 radical (unpaired) electrons. The molecule has 136 valence electrons. The molecule has 4 aromatic rings. The fourth-order valence-electron chi connectivity index (χ4n) is 2.97. The third-order valence-corrected chi connectivity index (χ3v) is 5.88. The van der Waals surface area contributed by atoms with Crippen LogP contribution in [0.1, 0.15) is 17.3 Å². The minimum atomic E-state index is -0.290. The molecule has 0 unspecified atom stereocenters. The molecule has 2 heterocycles. The van der Waals surface area contributed by atoms with Gasteiger partial charge in [0.1, 0.15) is 5.75 Å². The van der Waals surface area contributed by atoms with E-state index in [9.17, 15) is 4.79 Å². The summed E-state index contributed by atoms with van der Waals surface area (Å²) in [5.41, 5.74) is 0.884. The summed E-state index contributed by atoms with van der Waals surface area (Å²) in [6.07, 6.45) is 2.88. The number of carbonyl (C=O) groups excluding carboxylic acids is 1. The number of anilines is 1. The van der Waals surface area contributed by atoms with Gasteiger partial charge in [-0.2, -0.15) is 0 Å². The number of ether oxygens (including phenoxy) is 1. The highest BCUT2D eigenvalue weighted by molar-refractivity contribution is 7.26. The Morgan fingerprint density at radius 3 is 2.63 bits per heavy atom. The standard InChI is InChI=1S/C20H14Cl2N2O2S/c1-2-26-15-8-7-12(17-11-5-3-4-6-16(11)27-19(15)17)20(25)24-18-13(21)9-23-10-14(18)22/h3-10H,2H2,1H3,(H,23,24,25). The molecule has 0 spiro atoms. The van der Waals surface area contributed by atoms with Crippen LogP contribution in [0.4, 0.5) is 5.69 Å². The molecular weight excluding hydrogens is 403 g/mol. The van der Waals surface area contributed by atoms with Crippen LogP contribution in [0, 0.1) is 0 Å². The van der Waals surface area contributed by atoms with E-state index in [0.29, 0.717) is 17.9 Å². The van der Waals surface area contributed by atoms with Crippen LogP contribution in [0.15, 0.2) is 48.8 Å². The molecule has 0 saturated heterocycles. The molecule has 2 aromatic heterocycles. The van der Waals surface area contributed by atoms with Crippen molar-refractivity contribution in [2.45, 2.75) is 6.92 Å². The minimum Gasteiger partial charge on any atom is -0.492 e. The molecule has 0 aliphatic heterocycles. The van der Waals surface area contributed by atoms with E-state index in [4.69, 9.17) is 27.9 Å². The molecule has 0 bridgehead atoms. The van der Waals surface area contributed by atoms with Gasteiger partial charge in [-0.1, -0.05) is 41.4 Å². The van der Waals surface area contributed by atoms with Crippen molar-refractivity contribution in [3.63, 3.8) is 0 Å². The van der Waals surface area contributed by atoms with Crippen LogP contribution in [0.3, 0.4) is 0 Å². The summed E-state index contributed by atoms with van der Waals surface area (Å²) in [6.45, 7) is 2.49. The van der Waals surface area contributed by atoms with Gasteiger partial charge in [-0.15, -0.1) is 11.3 Å². The summed E-state index contributed by atoms with van der Waals surface area (Å²) in [5.74, 6) is 0.479. The molecule has 27 heavy (non-hydrogen) atoms. The Balaban J connectivity index is 1.89. The van der Waals surface area contributed by atoms with Crippen LogP contribution in [0.25, 0.3) is 20.2 Å². The summed E-state index contributed by atoms with van der Waals surface area (Å²) < 4.78 is 7.80. The Hall–Kier alpha value is -2.34. The highest BCUT2D eigenvalue weighted by Gasteiger charge is 2.19. The van der Waals surface area contributed by atoms with Gasteiger partial charge in [-0.3, -0.25) is 9.78 Å². The maximum Gasteiger partial charge on any atom is 0.256 e. The lowest BCUT2D eigenvalue weighted by molar-refractivity contribution is 0.102. The number of hydrogen-bond donors (Lipinski definition) is 1. The average molecular weight is 417 g/mol. The number of thiophene rings is 1. The van der Waals surface area contributed by atoms with Crippen molar-refractivity contribution >= 4 is 66.3 Å². The van der Waals surface area contributed by atoms with Crippen LogP contribution in [0.5, 0.6) is 5.75 Å². The number of nitrogens with zero attached hydrogens (tertiary/aromatic N) is 1. The summed E-state index contributed by atoms with van der Waals surface area (Å²) in [4.78, 5) is 17.0. The smallest absolute Gasteiger partial charge is 0.256 e.